The number of hydrogen-bond donors (Lipinski definition) is 0. The van der Waals surface area contributed by atoms with Crippen molar-refractivity contribution in [3.05, 3.63) is 47.7 Å². The van der Waals surface area contributed by atoms with E-state index in [2.05, 4.69) is 70.8 Å². The van der Waals surface area contributed by atoms with Gasteiger partial charge in [-0.25, -0.2) is 0 Å². The fourth-order valence-corrected chi connectivity index (χ4v) is 2.85. The highest BCUT2D eigenvalue weighted by atomic mass is 16.7. The fourth-order valence-electron chi connectivity index (χ4n) is 2.85. The number of hydrogen-bond acceptors (Lipinski definition) is 3. The fraction of sp³-hybridized carbons (Fsp3) is 0.421. The molecule has 0 saturated carbocycles. The van der Waals surface area contributed by atoms with E-state index in [0.717, 1.165) is 16.7 Å². The van der Waals surface area contributed by atoms with Gasteiger partial charge in [0.15, 0.2) is 0 Å². The number of nitrogens with zero attached hydrogens (tertiary/aromatic N) is 1. The average molecular weight is 309 g/mol. The summed E-state index contributed by atoms with van der Waals surface area (Å²) in [4.78, 5) is 4.52. The number of aryl methyl sites for hydroxylation is 2. The second-order valence-corrected chi connectivity index (χ2v) is 7.44. The normalized spacial score (nSPS) is 19.1. The first-order valence-electron chi connectivity index (χ1n) is 8.08. The molecular weight excluding hydrogens is 285 g/mol. The maximum atomic E-state index is 6.14. The quantitative estimate of drug-likeness (QED) is 0.793. The lowest BCUT2D eigenvalue weighted by Gasteiger charge is -2.32. The topological polar surface area (TPSA) is 31.4 Å². The number of aromatic nitrogens is 1. The van der Waals surface area contributed by atoms with Gasteiger partial charge in [-0.15, -0.1) is 0 Å². The molecule has 0 bridgehead atoms. The van der Waals surface area contributed by atoms with Crippen molar-refractivity contribution in [1.82, 2.24) is 4.98 Å². The van der Waals surface area contributed by atoms with Crippen LogP contribution in [-0.2, 0) is 9.31 Å². The van der Waals surface area contributed by atoms with Gasteiger partial charge in [0.25, 0.3) is 0 Å². The summed E-state index contributed by atoms with van der Waals surface area (Å²) in [5.41, 5.74) is 4.89. The molecule has 1 aliphatic heterocycles. The number of benzene rings is 1. The lowest BCUT2D eigenvalue weighted by atomic mass is 9.79. The largest absolute Gasteiger partial charge is 0.494 e. The van der Waals surface area contributed by atoms with E-state index in [4.69, 9.17) is 9.31 Å². The molecule has 23 heavy (non-hydrogen) atoms. The molecule has 3 nitrogen and oxygen atoms in total. The van der Waals surface area contributed by atoms with Crippen LogP contribution in [0.3, 0.4) is 0 Å². The van der Waals surface area contributed by atoms with Crippen LogP contribution in [0, 0.1) is 13.8 Å². The van der Waals surface area contributed by atoms with Crippen LogP contribution in [0.5, 0.6) is 0 Å². The molecule has 0 amide bonds. The van der Waals surface area contributed by atoms with Gasteiger partial charge in [0, 0.05) is 11.8 Å². The molecule has 0 spiro atoms. The summed E-state index contributed by atoms with van der Waals surface area (Å²) < 4.78 is 12.3. The molecule has 2 heterocycles. The molecule has 2 aromatic rings. The SMILES string of the molecule is Cc1cc(C)cc(-c2cc(B3OC(C)(C)C(C)(C)O3)ccn2)c1. The van der Waals surface area contributed by atoms with Gasteiger partial charge in [-0.3, -0.25) is 4.98 Å². The van der Waals surface area contributed by atoms with Crippen molar-refractivity contribution < 1.29 is 9.31 Å². The summed E-state index contributed by atoms with van der Waals surface area (Å²) in [6, 6.07) is 10.5. The third-order valence-electron chi connectivity index (χ3n) is 4.83. The van der Waals surface area contributed by atoms with Gasteiger partial charge < -0.3 is 9.31 Å². The Balaban J connectivity index is 1.95. The first kappa shape index (κ1) is 16.2. The maximum absolute atomic E-state index is 6.14. The predicted octanol–water partition coefficient (Wildman–Crippen LogP) is 3.66. The van der Waals surface area contributed by atoms with Crippen LogP contribution < -0.4 is 5.46 Å². The molecule has 1 aromatic heterocycles. The molecule has 1 aliphatic rings. The van der Waals surface area contributed by atoms with Crippen LogP contribution >= 0.6 is 0 Å². The van der Waals surface area contributed by atoms with Crippen LogP contribution in [-0.4, -0.2) is 23.3 Å². The summed E-state index contributed by atoms with van der Waals surface area (Å²) in [5.74, 6) is 0. The number of pyridine rings is 1. The highest BCUT2D eigenvalue weighted by Crippen LogP contribution is 2.36. The minimum absolute atomic E-state index is 0.332. The number of rotatable bonds is 2. The van der Waals surface area contributed by atoms with Crippen molar-refractivity contribution in [3.63, 3.8) is 0 Å². The summed E-state index contributed by atoms with van der Waals surface area (Å²) >= 11 is 0. The Hall–Kier alpha value is -1.65. The molecule has 4 heteroatoms. The lowest BCUT2D eigenvalue weighted by Crippen LogP contribution is -2.41. The van der Waals surface area contributed by atoms with Crippen LogP contribution in [0.25, 0.3) is 11.3 Å². The van der Waals surface area contributed by atoms with Crippen molar-refractivity contribution >= 4 is 12.6 Å². The predicted molar refractivity (Wildman–Crippen MR) is 94.9 cm³/mol. The van der Waals surface area contributed by atoms with Crippen molar-refractivity contribution in [1.29, 1.82) is 0 Å². The van der Waals surface area contributed by atoms with Crippen LogP contribution in [0.4, 0.5) is 0 Å². The monoisotopic (exact) mass is 309 g/mol. The highest BCUT2D eigenvalue weighted by molar-refractivity contribution is 6.62. The third kappa shape index (κ3) is 3.06. The van der Waals surface area contributed by atoms with Crippen molar-refractivity contribution in [2.45, 2.75) is 52.7 Å². The maximum Gasteiger partial charge on any atom is 0.494 e. The van der Waals surface area contributed by atoms with Gasteiger partial charge in [0.1, 0.15) is 0 Å². The molecule has 120 valence electrons. The Morgan fingerprint density at radius 2 is 1.43 bits per heavy atom. The summed E-state index contributed by atoms with van der Waals surface area (Å²) in [6.07, 6.45) is 1.83. The van der Waals surface area contributed by atoms with Gasteiger partial charge >= 0.3 is 7.12 Å². The van der Waals surface area contributed by atoms with Gasteiger partial charge in [-0.1, -0.05) is 17.2 Å². The zero-order chi connectivity index (χ0) is 16.8. The van der Waals surface area contributed by atoms with E-state index in [1.54, 1.807) is 0 Å². The second-order valence-electron chi connectivity index (χ2n) is 7.44. The molecule has 0 unspecified atom stereocenters. The smallest absolute Gasteiger partial charge is 0.399 e. The van der Waals surface area contributed by atoms with E-state index >= 15 is 0 Å². The van der Waals surface area contributed by atoms with Crippen molar-refractivity contribution in [2.24, 2.45) is 0 Å². The van der Waals surface area contributed by atoms with Gasteiger partial charge in [0.2, 0.25) is 0 Å². The Kier molecular flexibility index (Phi) is 3.85. The Bertz CT molecular complexity index is 704. The van der Waals surface area contributed by atoms with E-state index < -0.39 is 0 Å². The molecule has 3 rings (SSSR count). The van der Waals surface area contributed by atoms with Gasteiger partial charge in [-0.2, -0.15) is 0 Å². The summed E-state index contributed by atoms with van der Waals surface area (Å²) in [5, 5.41) is 0. The molecule has 0 N–H and O–H groups in total. The third-order valence-corrected chi connectivity index (χ3v) is 4.83. The molecule has 1 saturated heterocycles. The minimum Gasteiger partial charge on any atom is -0.399 e. The Labute approximate surface area is 139 Å². The first-order valence-corrected chi connectivity index (χ1v) is 8.08. The molecule has 0 radical (unpaired) electrons. The van der Waals surface area contributed by atoms with Crippen LogP contribution in [0.15, 0.2) is 36.5 Å². The van der Waals surface area contributed by atoms with E-state index in [-0.39, 0.29) is 18.3 Å². The van der Waals surface area contributed by atoms with Crippen LogP contribution in [0.2, 0.25) is 0 Å². The van der Waals surface area contributed by atoms with Crippen molar-refractivity contribution in [3.8, 4) is 11.3 Å². The lowest BCUT2D eigenvalue weighted by molar-refractivity contribution is 0.00578. The molecular formula is C19H24BNO2. The van der Waals surface area contributed by atoms with Gasteiger partial charge in [-0.05, 0) is 71.3 Å². The zero-order valence-corrected chi connectivity index (χ0v) is 14.8. The molecule has 0 atom stereocenters. The van der Waals surface area contributed by atoms with Crippen molar-refractivity contribution in [2.75, 3.05) is 0 Å². The molecule has 1 aromatic carbocycles. The average Bonchev–Trinajstić information content (AvgIpc) is 2.67. The molecule has 1 fully saturated rings. The minimum atomic E-state index is -0.354. The Morgan fingerprint density at radius 3 is 2.00 bits per heavy atom. The standard InChI is InChI=1S/C19H24BNO2/c1-13-9-14(2)11-15(10-13)17-12-16(7-8-21-17)20-22-18(3,4)19(5,6)23-20/h7-12H,1-6H3. The Morgan fingerprint density at radius 1 is 0.870 bits per heavy atom. The summed E-state index contributed by atoms with van der Waals surface area (Å²) in [6.45, 7) is 12.5. The second kappa shape index (κ2) is 5.46. The van der Waals surface area contributed by atoms with Gasteiger partial charge in [0.05, 0.1) is 16.9 Å². The first-order chi connectivity index (χ1) is 10.7. The van der Waals surface area contributed by atoms with E-state index in [0.29, 0.717) is 0 Å². The van der Waals surface area contributed by atoms with Crippen LogP contribution in [0.1, 0.15) is 38.8 Å². The summed E-state index contributed by atoms with van der Waals surface area (Å²) in [7, 11) is -0.354. The van der Waals surface area contributed by atoms with E-state index in [9.17, 15) is 0 Å². The van der Waals surface area contributed by atoms with E-state index in [1.165, 1.54) is 11.1 Å². The highest BCUT2D eigenvalue weighted by Gasteiger charge is 2.51. The zero-order valence-electron chi connectivity index (χ0n) is 14.8. The van der Waals surface area contributed by atoms with E-state index in [1.807, 2.05) is 12.3 Å². The molecule has 0 aliphatic carbocycles.